The van der Waals surface area contributed by atoms with Gasteiger partial charge >= 0.3 is 0 Å². The molecule has 108 valence electrons. The molecule has 2 aromatic rings. The minimum atomic E-state index is 0.819. The van der Waals surface area contributed by atoms with Crippen LogP contribution >= 0.6 is 0 Å². The molecule has 2 N–H and O–H groups in total. The number of allylic oxidation sites excluding steroid dienone is 2. The van der Waals surface area contributed by atoms with E-state index in [0.717, 1.165) is 47.1 Å². The van der Waals surface area contributed by atoms with Gasteiger partial charge in [-0.15, -0.1) is 0 Å². The summed E-state index contributed by atoms with van der Waals surface area (Å²) in [6, 6.07) is 5.99. The van der Waals surface area contributed by atoms with E-state index in [1.807, 2.05) is 36.5 Å². The largest absolute Gasteiger partial charge is 0.494 e. The van der Waals surface area contributed by atoms with Gasteiger partial charge < -0.3 is 14.7 Å². The summed E-state index contributed by atoms with van der Waals surface area (Å²) < 4.78 is 5.45. The van der Waals surface area contributed by atoms with Crippen molar-refractivity contribution in [1.82, 2.24) is 9.97 Å². The lowest BCUT2D eigenvalue weighted by Gasteiger charge is -1.97. The molecule has 3 heterocycles. The monoisotopic (exact) mass is 281 g/mol. The average Bonchev–Trinajstić information content (AvgIpc) is 3.19. The predicted octanol–water partition coefficient (Wildman–Crippen LogP) is 4.17. The Hall–Kier alpha value is -2.49. The maximum absolute atomic E-state index is 5.45. The highest BCUT2D eigenvalue weighted by Gasteiger charge is 2.11. The van der Waals surface area contributed by atoms with E-state index < -0.39 is 0 Å². The Morgan fingerprint density at radius 2 is 2.19 bits per heavy atom. The number of H-pyrrole nitrogens is 2. The van der Waals surface area contributed by atoms with Crippen molar-refractivity contribution >= 4 is 11.8 Å². The summed E-state index contributed by atoms with van der Waals surface area (Å²) in [4.78, 5) is 11.2. The van der Waals surface area contributed by atoms with Gasteiger partial charge in [0.1, 0.15) is 5.75 Å². The molecule has 2 aromatic heterocycles. The number of nitrogens with zero attached hydrogens (tertiary/aromatic N) is 1. The summed E-state index contributed by atoms with van der Waals surface area (Å²) in [5.74, 6) is 0.819. The van der Waals surface area contributed by atoms with Gasteiger partial charge in [0.15, 0.2) is 0 Å². The van der Waals surface area contributed by atoms with Crippen molar-refractivity contribution in [2.45, 2.75) is 19.8 Å². The molecular weight excluding hydrogens is 262 g/mol. The van der Waals surface area contributed by atoms with Gasteiger partial charge in [-0.2, -0.15) is 0 Å². The van der Waals surface area contributed by atoms with Crippen molar-refractivity contribution in [2.24, 2.45) is 4.99 Å². The second-order valence-electron chi connectivity index (χ2n) is 5.00. The molecule has 0 aliphatic carbocycles. The van der Waals surface area contributed by atoms with Crippen LogP contribution in [0.15, 0.2) is 47.2 Å². The van der Waals surface area contributed by atoms with Crippen molar-refractivity contribution in [3.63, 3.8) is 0 Å². The number of hydrogen-bond donors (Lipinski definition) is 2. The smallest absolute Gasteiger partial charge is 0.144 e. The number of hydrogen-bond acceptors (Lipinski definition) is 2. The third kappa shape index (κ3) is 2.84. The first-order valence-electron chi connectivity index (χ1n) is 7.18. The third-order valence-corrected chi connectivity index (χ3v) is 3.44. The van der Waals surface area contributed by atoms with Crippen LogP contribution in [0.3, 0.4) is 0 Å². The van der Waals surface area contributed by atoms with E-state index >= 15 is 0 Å². The van der Waals surface area contributed by atoms with Crippen LogP contribution in [0.5, 0.6) is 5.75 Å². The Morgan fingerprint density at radius 1 is 1.29 bits per heavy atom. The molecule has 3 rings (SSSR count). The van der Waals surface area contributed by atoms with Gasteiger partial charge in [-0.25, -0.2) is 0 Å². The molecule has 0 unspecified atom stereocenters. The van der Waals surface area contributed by atoms with Crippen LogP contribution in [0.2, 0.25) is 0 Å². The second kappa shape index (κ2) is 5.87. The van der Waals surface area contributed by atoms with Gasteiger partial charge in [0.05, 0.1) is 29.9 Å². The molecule has 0 saturated carbocycles. The molecule has 21 heavy (non-hydrogen) atoms. The van der Waals surface area contributed by atoms with Gasteiger partial charge in [-0.3, -0.25) is 4.99 Å². The maximum Gasteiger partial charge on any atom is 0.144 e. The summed E-state index contributed by atoms with van der Waals surface area (Å²) in [6.07, 6.45) is 10.2. The zero-order chi connectivity index (χ0) is 14.7. The van der Waals surface area contributed by atoms with E-state index in [0.29, 0.717) is 0 Å². The first kappa shape index (κ1) is 13.5. The number of nitrogens with one attached hydrogen (secondary N) is 2. The van der Waals surface area contributed by atoms with Gasteiger partial charge in [-0.1, -0.05) is 13.3 Å². The van der Waals surface area contributed by atoms with Crippen molar-refractivity contribution in [1.29, 1.82) is 0 Å². The summed E-state index contributed by atoms with van der Waals surface area (Å²) in [6.45, 7) is 2.16. The Labute approximate surface area is 124 Å². The van der Waals surface area contributed by atoms with E-state index in [1.165, 1.54) is 0 Å². The fraction of sp³-hybridized carbons (Fsp3) is 0.235. The van der Waals surface area contributed by atoms with Gasteiger partial charge in [0.25, 0.3) is 0 Å². The molecule has 0 radical (unpaired) electrons. The van der Waals surface area contributed by atoms with E-state index in [4.69, 9.17) is 4.74 Å². The normalized spacial score (nSPS) is 15.7. The lowest BCUT2D eigenvalue weighted by molar-refractivity contribution is 0.414. The average molecular weight is 281 g/mol. The number of aromatic amines is 2. The zero-order valence-corrected chi connectivity index (χ0v) is 12.3. The molecular formula is C17H19N3O. The molecule has 0 saturated heterocycles. The number of methoxy groups -OCH3 is 1. The molecule has 0 bridgehead atoms. The van der Waals surface area contributed by atoms with Crippen molar-refractivity contribution in [3.05, 3.63) is 47.9 Å². The summed E-state index contributed by atoms with van der Waals surface area (Å²) in [7, 11) is 1.68. The van der Waals surface area contributed by atoms with E-state index in [-0.39, 0.29) is 0 Å². The highest BCUT2D eigenvalue weighted by atomic mass is 16.5. The van der Waals surface area contributed by atoms with Crippen LogP contribution in [-0.4, -0.2) is 22.8 Å². The fourth-order valence-corrected chi connectivity index (χ4v) is 2.42. The Kier molecular flexibility index (Phi) is 3.77. The SMILES string of the molecule is CCCC1=N/C(=C/c2[nH]c(-c3ccc[nH]3)cc2OC)C=C1. The molecule has 0 atom stereocenters. The quantitative estimate of drug-likeness (QED) is 0.849. The summed E-state index contributed by atoms with van der Waals surface area (Å²) in [5, 5.41) is 0. The van der Waals surface area contributed by atoms with Gasteiger partial charge in [-0.05, 0) is 36.8 Å². The number of rotatable bonds is 5. The standard InChI is InChI=1S/C17H19N3O/c1-3-5-12-7-8-13(19-12)10-16-17(21-2)11-15(20-16)14-6-4-9-18-14/h4,6-11,18,20H,3,5H2,1-2H3/b13-10+. The Bertz CT molecular complexity index is 702. The molecule has 0 fully saturated rings. The van der Waals surface area contributed by atoms with Gasteiger partial charge in [0, 0.05) is 18.0 Å². The molecule has 1 aliphatic heterocycles. The lowest BCUT2D eigenvalue weighted by atomic mass is 10.2. The van der Waals surface area contributed by atoms with E-state index in [9.17, 15) is 0 Å². The van der Waals surface area contributed by atoms with Crippen LogP contribution < -0.4 is 4.74 Å². The summed E-state index contributed by atoms with van der Waals surface area (Å²) >= 11 is 0. The molecule has 4 heteroatoms. The van der Waals surface area contributed by atoms with Crippen molar-refractivity contribution in [3.8, 4) is 17.1 Å². The van der Waals surface area contributed by atoms with Crippen LogP contribution in [-0.2, 0) is 0 Å². The van der Waals surface area contributed by atoms with E-state index in [1.54, 1.807) is 7.11 Å². The first-order chi connectivity index (χ1) is 10.3. The van der Waals surface area contributed by atoms with Crippen molar-refractivity contribution in [2.75, 3.05) is 7.11 Å². The highest BCUT2D eigenvalue weighted by Crippen LogP contribution is 2.28. The third-order valence-electron chi connectivity index (χ3n) is 3.44. The van der Waals surface area contributed by atoms with Crippen LogP contribution in [0, 0.1) is 0 Å². The zero-order valence-electron chi connectivity index (χ0n) is 12.3. The second-order valence-corrected chi connectivity index (χ2v) is 5.00. The molecule has 0 amide bonds. The lowest BCUT2D eigenvalue weighted by Crippen LogP contribution is -1.87. The molecule has 0 aromatic carbocycles. The van der Waals surface area contributed by atoms with Crippen LogP contribution in [0.1, 0.15) is 25.5 Å². The minimum absolute atomic E-state index is 0.819. The highest BCUT2D eigenvalue weighted by molar-refractivity contribution is 5.99. The molecule has 0 spiro atoms. The molecule has 4 nitrogen and oxygen atoms in total. The van der Waals surface area contributed by atoms with E-state index in [2.05, 4.69) is 28.0 Å². The minimum Gasteiger partial charge on any atom is -0.494 e. The summed E-state index contributed by atoms with van der Waals surface area (Å²) in [5.41, 5.74) is 5.07. The predicted molar refractivity (Wildman–Crippen MR) is 86.6 cm³/mol. The number of aromatic nitrogens is 2. The topological polar surface area (TPSA) is 53.2 Å². The van der Waals surface area contributed by atoms with Crippen molar-refractivity contribution < 1.29 is 4.74 Å². The number of ether oxygens (including phenoxy) is 1. The molecule has 1 aliphatic rings. The van der Waals surface area contributed by atoms with Gasteiger partial charge in [0.2, 0.25) is 0 Å². The Morgan fingerprint density at radius 3 is 2.90 bits per heavy atom. The maximum atomic E-state index is 5.45. The van der Waals surface area contributed by atoms with Crippen LogP contribution in [0.25, 0.3) is 17.5 Å². The van der Waals surface area contributed by atoms with Crippen LogP contribution in [0.4, 0.5) is 0 Å². The first-order valence-corrected chi connectivity index (χ1v) is 7.18. The fourth-order valence-electron chi connectivity index (χ4n) is 2.42. The Balaban J connectivity index is 1.91. The number of aliphatic imine (C=N–C) groups is 1.